The van der Waals surface area contributed by atoms with Crippen LogP contribution >= 0.6 is 0 Å². The number of halogens is 5. The Bertz CT molecular complexity index is 1200. The van der Waals surface area contributed by atoms with E-state index in [0.29, 0.717) is 6.07 Å². The van der Waals surface area contributed by atoms with Crippen LogP contribution in [0.25, 0.3) is 17.0 Å². The Labute approximate surface area is 189 Å². The number of alkyl halides is 3. The molecule has 0 aliphatic carbocycles. The number of allylic oxidation sites excluding steroid dienone is 2. The van der Waals surface area contributed by atoms with Crippen molar-refractivity contribution >= 4 is 23.3 Å². The van der Waals surface area contributed by atoms with Gasteiger partial charge in [-0.15, -0.1) is 18.3 Å². The van der Waals surface area contributed by atoms with E-state index in [0.717, 1.165) is 24.4 Å². The molecule has 1 aromatic carbocycles. The third-order valence-corrected chi connectivity index (χ3v) is 5.31. The van der Waals surface area contributed by atoms with Crippen LogP contribution in [0.3, 0.4) is 0 Å². The number of ether oxygens (including phenoxy) is 1. The van der Waals surface area contributed by atoms with Crippen LogP contribution in [0.15, 0.2) is 42.4 Å². The standard InChI is InChI=1S/C21H18F5N5O3/c1-10-16(9-28-19(10)32)20(33)29-18-6-17(31(30-18)14-4-13(23)7-27-8-14)11-2-12(22)5-15(3-11)34-21(24,25)26/h2-7,10,16,27H,8-9H2,1H3,(H,28,32)(H,29,30,33)/t10-,16+/m1/s1. The third-order valence-electron chi connectivity index (χ3n) is 5.31. The number of anilines is 1. The summed E-state index contributed by atoms with van der Waals surface area (Å²) in [5, 5.41) is 12.0. The molecule has 4 rings (SSSR count). The van der Waals surface area contributed by atoms with E-state index in [-0.39, 0.29) is 41.8 Å². The second-order valence-corrected chi connectivity index (χ2v) is 7.73. The van der Waals surface area contributed by atoms with E-state index in [1.165, 1.54) is 10.7 Å². The zero-order valence-electron chi connectivity index (χ0n) is 17.5. The van der Waals surface area contributed by atoms with Crippen LogP contribution in [0.1, 0.15) is 6.92 Å². The van der Waals surface area contributed by atoms with Crippen molar-refractivity contribution in [3.8, 4) is 17.0 Å². The highest BCUT2D eigenvalue weighted by atomic mass is 19.4. The highest BCUT2D eigenvalue weighted by Crippen LogP contribution is 2.33. The van der Waals surface area contributed by atoms with Crippen LogP contribution in [0.4, 0.5) is 27.8 Å². The van der Waals surface area contributed by atoms with Crippen molar-refractivity contribution in [2.45, 2.75) is 13.3 Å². The van der Waals surface area contributed by atoms with E-state index in [4.69, 9.17) is 0 Å². The van der Waals surface area contributed by atoms with Gasteiger partial charge in [-0.1, -0.05) is 6.92 Å². The van der Waals surface area contributed by atoms with E-state index in [1.807, 2.05) is 0 Å². The molecule has 2 aliphatic heterocycles. The SMILES string of the molecule is C[C@H]1C(=O)NC[C@@H]1C(=O)Nc1cc(-c2cc(F)cc(OC(F)(F)F)c2)n(C2=CC(F)=CNC2)n1. The van der Waals surface area contributed by atoms with Crippen molar-refractivity contribution in [2.75, 3.05) is 18.4 Å². The van der Waals surface area contributed by atoms with Crippen LogP contribution in [0.2, 0.25) is 0 Å². The minimum atomic E-state index is -5.04. The van der Waals surface area contributed by atoms with Gasteiger partial charge in [0.15, 0.2) is 5.82 Å². The number of hydrogen-bond acceptors (Lipinski definition) is 5. The fourth-order valence-corrected chi connectivity index (χ4v) is 3.68. The van der Waals surface area contributed by atoms with Gasteiger partial charge in [-0.25, -0.2) is 13.5 Å². The molecule has 3 heterocycles. The average molecular weight is 483 g/mol. The quantitative estimate of drug-likeness (QED) is 0.568. The molecule has 0 unspecified atom stereocenters. The van der Waals surface area contributed by atoms with Crippen molar-refractivity contribution < 1.29 is 36.3 Å². The molecular formula is C21H18F5N5O3. The molecule has 1 aromatic heterocycles. The summed E-state index contributed by atoms with van der Waals surface area (Å²) in [5.41, 5.74) is 0.247. The Morgan fingerprint density at radius 2 is 2.00 bits per heavy atom. The molecule has 2 aromatic rings. The molecule has 8 nitrogen and oxygen atoms in total. The van der Waals surface area contributed by atoms with Gasteiger partial charge in [0.2, 0.25) is 11.8 Å². The summed E-state index contributed by atoms with van der Waals surface area (Å²) in [6.45, 7) is 1.82. The molecule has 13 heteroatoms. The number of amides is 2. The van der Waals surface area contributed by atoms with Crippen LogP contribution < -0.4 is 20.7 Å². The Balaban J connectivity index is 1.73. The summed E-state index contributed by atoms with van der Waals surface area (Å²) < 4.78 is 71.0. The van der Waals surface area contributed by atoms with Gasteiger partial charge in [-0.05, 0) is 18.2 Å². The smallest absolute Gasteiger partial charge is 0.406 e. The molecule has 0 bridgehead atoms. The van der Waals surface area contributed by atoms with Crippen molar-refractivity contribution in [3.63, 3.8) is 0 Å². The summed E-state index contributed by atoms with van der Waals surface area (Å²) >= 11 is 0. The molecule has 2 atom stereocenters. The van der Waals surface area contributed by atoms with Gasteiger partial charge in [-0.2, -0.15) is 0 Å². The zero-order valence-corrected chi connectivity index (χ0v) is 17.5. The lowest BCUT2D eigenvalue weighted by atomic mass is 9.97. The number of nitrogens with one attached hydrogen (secondary N) is 3. The number of aromatic nitrogens is 2. The number of carbonyl (C=O) groups excluding carboxylic acids is 2. The van der Waals surface area contributed by atoms with Crippen molar-refractivity contribution in [1.29, 1.82) is 0 Å². The number of carbonyl (C=O) groups is 2. The van der Waals surface area contributed by atoms with Crippen molar-refractivity contribution in [1.82, 2.24) is 20.4 Å². The highest BCUT2D eigenvalue weighted by molar-refractivity contribution is 5.98. The number of hydrogen-bond donors (Lipinski definition) is 3. The fourth-order valence-electron chi connectivity index (χ4n) is 3.68. The van der Waals surface area contributed by atoms with Gasteiger partial charge < -0.3 is 20.7 Å². The monoisotopic (exact) mass is 483 g/mol. The first-order chi connectivity index (χ1) is 16.0. The van der Waals surface area contributed by atoms with Gasteiger partial charge in [-0.3, -0.25) is 9.59 Å². The molecule has 0 spiro atoms. The maximum atomic E-state index is 14.1. The Morgan fingerprint density at radius 1 is 1.24 bits per heavy atom. The molecule has 180 valence electrons. The molecule has 1 fully saturated rings. The molecule has 34 heavy (non-hydrogen) atoms. The Morgan fingerprint density at radius 3 is 2.65 bits per heavy atom. The summed E-state index contributed by atoms with van der Waals surface area (Å²) in [7, 11) is 0. The Hall–Kier alpha value is -3.90. The summed E-state index contributed by atoms with van der Waals surface area (Å²) in [6.07, 6.45) is -2.80. The molecule has 2 aliphatic rings. The van der Waals surface area contributed by atoms with Crippen molar-refractivity contribution in [2.24, 2.45) is 11.8 Å². The van der Waals surface area contributed by atoms with E-state index in [9.17, 15) is 31.5 Å². The van der Waals surface area contributed by atoms with Crippen LogP contribution in [0.5, 0.6) is 5.75 Å². The van der Waals surface area contributed by atoms with Gasteiger partial charge in [0.25, 0.3) is 0 Å². The molecular weight excluding hydrogens is 465 g/mol. The van der Waals surface area contributed by atoms with Gasteiger partial charge in [0.05, 0.1) is 23.9 Å². The third kappa shape index (κ3) is 5.02. The minimum Gasteiger partial charge on any atom is -0.406 e. The zero-order chi connectivity index (χ0) is 24.6. The topological polar surface area (TPSA) is 97.3 Å². The number of nitrogens with zero attached hydrogens (tertiary/aromatic N) is 2. The summed E-state index contributed by atoms with van der Waals surface area (Å²) in [5.74, 6) is -4.50. The maximum absolute atomic E-state index is 14.1. The average Bonchev–Trinajstić information content (AvgIpc) is 3.30. The first kappa shape index (κ1) is 23.3. The number of benzene rings is 1. The minimum absolute atomic E-state index is 0.0232. The van der Waals surface area contributed by atoms with Gasteiger partial charge in [0.1, 0.15) is 17.4 Å². The lowest BCUT2D eigenvalue weighted by molar-refractivity contribution is -0.274. The predicted octanol–water partition coefficient (Wildman–Crippen LogP) is 3.16. The molecule has 3 N–H and O–H groups in total. The first-order valence-corrected chi connectivity index (χ1v) is 10.1. The molecule has 0 saturated carbocycles. The molecule has 0 radical (unpaired) electrons. The van der Waals surface area contributed by atoms with Gasteiger partial charge in [0, 0.05) is 36.4 Å². The van der Waals surface area contributed by atoms with E-state index in [2.05, 4.69) is 25.8 Å². The summed E-state index contributed by atoms with van der Waals surface area (Å²) in [4.78, 5) is 24.4. The number of dihydropyridines is 1. The Kier molecular flexibility index (Phi) is 6.02. The van der Waals surface area contributed by atoms with E-state index in [1.54, 1.807) is 6.92 Å². The lowest BCUT2D eigenvalue weighted by Crippen LogP contribution is -2.28. The molecule has 1 saturated heterocycles. The maximum Gasteiger partial charge on any atom is 0.573 e. The van der Waals surface area contributed by atoms with Crippen molar-refractivity contribution in [3.05, 3.63) is 48.2 Å². The highest BCUT2D eigenvalue weighted by Gasteiger charge is 2.36. The first-order valence-electron chi connectivity index (χ1n) is 10.1. The second-order valence-electron chi connectivity index (χ2n) is 7.73. The predicted molar refractivity (Wildman–Crippen MR) is 110 cm³/mol. The second kappa shape index (κ2) is 8.80. The lowest BCUT2D eigenvalue weighted by Gasteiger charge is -2.16. The largest absolute Gasteiger partial charge is 0.573 e. The fraction of sp³-hybridized carbons (Fsp3) is 0.286. The summed E-state index contributed by atoms with van der Waals surface area (Å²) in [6, 6.07) is 3.76. The van der Waals surface area contributed by atoms with E-state index < -0.39 is 41.5 Å². The molecule has 2 amide bonds. The van der Waals surface area contributed by atoms with E-state index >= 15 is 0 Å². The normalized spacial score (nSPS) is 20.2. The number of rotatable bonds is 5. The van der Waals surface area contributed by atoms with Crippen LogP contribution in [-0.2, 0) is 9.59 Å². The van der Waals surface area contributed by atoms with Gasteiger partial charge >= 0.3 is 6.36 Å². The van der Waals surface area contributed by atoms with Crippen LogP contribution in [-0.4, -0.2) is 41.0 Å². The van der Waals surface area contributed by atoms with Crippen LogP contribution in [0, 0.1) is 17.7 Å².